The van der Waals surface area contributed by atoms with E-state index >= 15 is 0 Å². The third-order valence-electron chi connectivity index (χ3n) is 4.87. The molecule has 26 heavy (non-hydrogen) atoms. The molecule has 1 unspecified atom stereocenters. The molecule has 0 N–H and O–H groups in total. The lowest BCUT2D eigenvalue weighted by Gasteiger charge is -2.39. The van der Waals surface area contributed by atoms with Crippen molar-refractivity contribution < 1.29 is 19.1 Å². The largest absolute Gasteiger partial charge is 0.468 e. The molecule has 2 aromatic carbocycles. The molecule has 4 heteroatoms. The number of carbonyl (C=O) groups is 2. The molecule has 3 rings (SSSR count). The summed E-state index contributed by atoms with van der Waals surface area (Å²) in [5.41, 5.74) is 0.536. The maximum atomic E-state index is 12.9. The van der Waals surface area contributed by atoms with Crippen LogP contribution in [0.15, 0.2) is 66.7 Å². The molecular formula is C22H22O4. The number of hydrogen-bond acceptors (Lipinski definition) is 4. The van der Waals surface area contributed by atoms with Crippen molar-refractivity contribution >= 4 is 17.8 Å². The molecule has 0 aliphatic carbocycles. The number of benzene rings is 2. The number of methoxy groups -OCH3 is 1. The molecular weight excluding hydrogens is 328 g/mol. The fraction of sp³-hybridized carbons (Fsp3) is 0.273. The van der Waals surface area contributed by atoms with E-state index in [4.69, 9.17) is 9.47 Å². The van der Waals surface area contributed by atoms with Crippen LogP contribution in [0, 0.1) is 5.41 Å². The topological polar surface area (TPSA) is 52.6 Å². The van der Waals surface area contributed by atoms with Gasteiger partial charge in [0.2, 0.25) is 0 Å². The van der Waals surface area contributed by atoms with Gasteiger partial charge in [0.1, 0.15) is 0 Å². The number of esters is 1. The van der Waals surface area contributed by atoms with Crippen LogP contribution in [0.3, 0.4) is 0 Å². The second-order valence-electron chi connectivity index (χ2n) is 6.55. The fourth-order valence-electron chi connectivity index (χ4n) is 3.21. The van der Waals surface area contributed by atoms with Gasteiger partial charge in [-0.05, 0) is 18.1 Å². The Hall–Kier alpha value is -2.72. The molecule has 0 amide bonds. The smallest absolute Gasteiger partial charge is 0.322 e. The standard InChI is InChI=1S/C22H22O4/c1-22(21(24)25-2)19(23)15-18(17-11-7-4-8-12-17)26-20(22)14-13-16-9-5-3-6-10-16/h3-14,18,20H,15H2,1-2H3/b14-13+/t18?,20-,22-/m1/s1. The Morgan fingerprint density at radius 1 is 1.12 bits per heavy atom. The summed E-state index contributed by atoms with van der Waals surface area (Å²) in [5.74, 6) is -0.746. The summed E-state index contributed by atoms with van der Waals surface area (Å²) >= 11 is 0. The SMILES string of the molecule is COC(=O)[C@]1(C)C(=O)CC(c2ccccc2)O[C@@H]1/C=C/c1ccccc1. The van der Waals surface area contributed by atoms with Gasteiger partial charge in [-0.25, -0.2) is 0 Å². The fourth-order valence-corrected chi connectivity index (χ4v) is 3.21. The van der Waals surface area contributed by atoms with Crippen LogP contribution in [0.5, 0.6) is 0 Å². The van der Waals surface area contributed by atoms with E-state index in [1.807, 2.05) is 66.7 Å². The molecule has 1 aliphatic rings. The predicted molar refractivity (Wildman–Crippen MR) is 99.3 cm³/mol. The predicted octanol–water partition coefficient (Wildman–Crippen LogP) is 3.98. The van der Waals surface area contributed by atoms with Crippen molar-refractivity contribution in [3.63, 3.8) is 0 Å². The minimum absolute atomic E-state index is 0.144. The van der Waals surface area contributed by atoms with E-state index in [1.54, 1.807) is 13.0 Å². The molecule has 0 saturated carbocycles. The summed E-state index contributed by atoms with van der Waals surface area (Å²) < 4.78 is 11.1. The summed E-state index contributed by atoms with van der Waals surface area (Å²) in [4.78, 5) is 25.3. The number of hydrogen-bond donors (Lipinski definition) is 0. The Labute approximate surface area is 153 Å². The first-order valence-corrected chi connectivity index (χ1v) is 8.61. The van der Waals surface area contributed by atoms with Gasteiger partial charge in [0.15, 0.2) is 11.2 Å². The normalized spacial score (nSPS) is 26.0. The maximum absolute atomic E-state index is 12.9. The Kier molecular flexibility index (Phi) is 5.33. The summed E-state index contributed by atoms with van der Waals surface area (Å²) in [6.45, 7) is 1.60. The average molecular weight is 350 g/mol. The highest BCUT2D eigenvalue weighted by atomic mass is 16.5. The second kappa shape index (κ2) is 7.67. The number of ketones is 1. The molecule has 0 spiro atoms. The Morgan fingerprint density at radius 2 is 1.73 bits per heavy atom. The summed E-state index contributed by atoms with van der Waals surface area (Å²) in [7, 11) is 1.29. The van der Waals surface area contributed by atoms with E-state index in [0.717, 1.165) is 11.1 Å². The van der Waals surface area contributed by atoms with E-state index in [0.29, 0.717) is 0 Å². The molecule has 0 aromatic heterocycles. The molecule has 0 bridgehead atoms. The number of rotatable bonds is 4. The van der Waals surface area contributed by atoms with Gasteiger partial charge in [0.05, 0.1) is 19.3 Å². The van der Waals surface area contributed by atoms with Crippen molar-refractivity contribution in [2.45, 2.75) is 25.6 Å². The first-order valence-electron chi connectivity index (χ1n) is 8.61. The van der Waals surface area contributed by atoms with Crippen molar-refractivity contribution in [2.24, 2.45) is 5.41 Å². The second-order valence-corrected chi connectivity index (χ2v) is 6.55. The summed E-state index contributed by atoms with van der Waals surface area (Å²) in [6, 6.07) is 19.3. The lowest BCUT2D eigenvalue weighted by molar-refractivity contribution is -0.177. The van der Waals surface area contributed by atoms with Crippen molar-refractivity contribution in [3.05, 3.63) is 77.9 Å². The number of ether oxygens (including phenoxy) is 2. The average Bonchev–Trinajstić information content (AvgIpc) is 2.69. The van der Waals surface area contributed by atoms with E-state index in [2.05, 4.69) is 0 Å². The monoisotopic (exact) mass is 350 g/mol. The molecule has 1 fully saturated rings. The van der Waals surface area contributed by atoms with E-state index < -0.39 is 17.5 Å². The van der Waals surface area contributed by atoms with Gasteiger partial charge >= 0.3 is 5.97 Å². The molecule has 134 valence electrons. The number of Topliss-reactive ketones (excluding diaryl/α,β-unsaturated/α-hetero) is 1. The maximum Gasteiger partial charge on any atom is 0.322 e. The molecule has 1 saturated heterocycles. The zero-order valence-electron chi connectivity index (χ0n) is 14.9. The first kappa shape index (κ1) is 18.1. The van der Waals surface area contributed by atoms with Crippen LogP contribution in [0.25, 0.3) is 6.08 Å². The van der Waals surface area contributed by atoms with E-state index in [1.165, 1.54) is 7.11 Å². The number of carbonyl (C=O) groups excluding carboxylic acids is 2. The van der Waals surface area contributed by atoms with Gasteiger partial charge < -0.3 is 9.47 Å². The Morgan fingerprint density at radius 3 is 2.35 bits per heavy atom. The first-order chi connectivity index (χ1) is 12.6. The third-order valence-corrected chi connectivity index (χ3v) is 4.87. The van der Waals surface area contributed by atoms with Gasteiger partial charge in [-0.3, -0.25) is 9.59 Å². The summed E-state index contributed by atoms with van der Waals surface area (Å²) in [6.07, 6.45) is 2.70. The van der Waals surface area contributed by atoms with Crippen LogP contribution in [-0.2, 0) is 19.1 Å². The molecule has 1 aliphatic heterocycles. The summed E-state index contributed by atoms with van der Waals surface area (Å²) in [5, 5.41) is 0. The molecule has 2 aromatic rings. The van der Waals surface area contributed by atoms with Gasteiger partial charge in [-0.2, -0.15) is 0 Å². The van der Waals surface area contributed by atoms with E-state index in [-0.39, 0.29) is 18.3 Å². The zero-order valence-corrected chi connectivity index (χ0v) is 14.9. The van der Waals surface area contributed by atoms with Crippen LogP contribution >= 0.6 is 0 Å². The highest BCUT2D eigenvalue weighted by Gasteiger charge is 2.53. The van der Waals surface area contributed by atoms with Crippen molar-refractivity contribution in [3.8, 4) is 0 Å². The molecule has 3 atom stereocenters. The molecule has 0 radical (unpaired) electrons. The highest BCUT2D eigenvalue weighted by Crippen LogP contribution is 2.41. The quantitative estimate of drug-likeness (QED) is 0.618. The van der Waals surface area contributed by atoms with Gasteiger partial charge in [0.25, 0.3) is 0 Å². The molecule has 1 heterocycles. The van der Waals surface area contributed by atoms with Crippen molar-refractivity contribution in [1.82, 2.24) is 0 Å². The van der Waals surface area contributed by atoms with Gasteiger partial charge in [0, 0.05) is 6.42 Å². The zero-order chi connectivity index (χ0) is 18.6. The van der Waals surface area contributed by atoms with Gasteiger partial charge in [-0.15, -0.1) is 0 Å². The van der Waals surface area contributed by atoms with Crippen molar-refractivity contribution in [1.29, 1.82) is 0 Å². The molecule has 4 nitrogen and oxygen atoms in total. The Balaban J connectivity index is 1.94. The van der Waals surface area contributed by atoms with E-state index in [9.17, 15) is 9.59 Å². The van der Waals surface area contributed by atoms with Crippen LogP contribution in [0.4, 0.5) is 0 Å². The lowest BCUT2D eigenvalue weighted by Crippen LogP contribution is -2.52. The lowest BCUT2D eigenvalue weighted by atomic mass is 9.74. The minimum Gasteiger partial charge on any atom is -0.468 e. The van der Waals surface area contributed by atoms with Gasteiger partial charge in [-0.1, -0.05) is 72.8 Å². The van der Waals surface area contributed by atoms with Crippen LogP contribution in [0.2, 0.25) is 0 Å². The van der Waals surface area contributed by atoms with Crippen LogP contribution in [-0.4, -0.2) is 25.0 Å². The van der Waals surface area contributed by atoms with Crippen molar-refractivity contribution in [2.75, 3.05) is 7.11 Å². The third kappa shape index (κ3) is 3.46. The van der Waals surface area contributed by atoms with Crippen LogP contribution in [0.1, 0.15) is 30.6 Å². The Bertz CT molecular complexity index is 797. The highest BCUT2D eigenvalue weighted by molar-refractivity contribution is 6.05. The van der Waals surface area contributed by atoms with Crippen LogP contribution < -0.4 is 0 Å². The minimum atomic E-state index is -1.36.